The van der Waals surface area contributed by atoms with Crippen LogP contribution >= 0.6 is 24.4 Å². The smallest absolute Gasteiger partial charge is 0.411 e. The van der Waals surface area contributed by atoms with Gasteiger partial charge in [0.2, 0.25) is 0 Å². The number of hydrogen-bond acceptors (Lipinski definition) is 6. The van der Waals surface area contributed by atoms with Crippen LogP contribution in [-0.2, 0) is 44.7 Å². The standard InChI is InChI=1S/2C6H12N2S2.Zn/c2*1-7-2-4-8(5-3-7)6(9)10;/h2*2-5H2,1H3,(H,9,10);/q;;+2/p-2. The summed E-state index contributed by atoms with van der Waals surface area (Å²) < 4.78 is 1.24. The van der Waals surface area contributed by atoms with Crippen molar-refractivity contribution in [2.45, 2.75) is 0 Å². The first kappa shape index (κ1) is 21.8. The number of likely N-dealkylation sites (N-methyl/N-ethyl adjacent to an activating group) is 2. The van der Waals surface area contributed by atoms with Crippen LogP contribution in [0, 0.1) is 0 Å². The first-order valence-electron chi connectivity index (χ1n) is 6.69. The van der Waals surface area contributed by atoms with E-state index in [0.29, 0.717) is 8.64 Å². The molecule has 0 N–H and O–H groups in total. The van der Waals surface area contributed by atoms with Crippen molar-refractivity contribution >= 4 is 58.3 Å². The van der Waals surface area contributed by atoms with E-state index in [1.54, 1.807) is 0 Å². The summed E-state index contributed by atoms with van der Waals surface area (Å²) in [5.41, 5.74) is 0. The Morgan fingerprint density at radius 1 is 0.667 bits per heavy atom. The predicted molar refractivity (Wildman–Crippen MR) is 98.1 cm³/mol. The first-order chi connectivity index (χ1) is 9.40. The minimum absolute atomic E-state index is 0. The van der Waals surface area contributed by atoms with Crippen LogP contribution in [0.2, 0.25) is 0 Å². The van der Waals surface area contributed by atoms with Gasteiger partial charge < -0.3 is 69.3 Å². The normalized spacial score (nSPS) is 20.1. The molecule has 0 amide bonds. The van der Waals surface area contributed by atoms with Crippen LogP contribution in [0.5, 0.6) is 0 Å². The Morgan fingerprint density at radius 3 is 1.10 bits per heavy atom. The van der Waals surface area contributed by atoms with E-state index in [1.807, 2.05) is 0 Å². The predicted octanol–water partition coefficient (Wildman–Crippen LogP) is 0.129. The fraction of sp³-hybridized carbons (Fsp3) is 0.833. The molecule has 0 unspecified atom stereocenters. The summed E-state index contributed by atoms with van der Waals surface area (Å²) in [7, 11) is 4.23. The number of piperazine rings is 2. The summed E-state index contributed by atoms with van der Waals surface area (Å²) in [5, 5.41) is 0. The average Bonchev–Trinajstić information content (AvgIpc) is 2.40. The summed E-state index contributed by atoms with van der Waals surface area (Å²) in [6, 6.07) is 0. The molecule has 9 heteroatoms. The Labute approximate surface area is 163 Å². The van der Waals surface area contributed by atoms with Gasteiger partial charge in [0.25, 0.3) is 0 Å². The molecule has 0 bridgehead atoms. The summed E-state index contributed by atoms with van der Waals surface area (Å²) in [4.78, 5) is 8.71. The van der Waals surface area contributed by atoms with Crippen LogP contribution in [0.15, 0.2) is 0 Å². The molecular formula is C12H22N4S4Zn. The summed E-state index contributed by atoms with van der Waals surface area (Å²) >= 11 is 19.5. The molecule has 0 saturated carbocycles. The Balaban J connectivity index is 0.000000364. The minimum atomic E-state index is 0. The molecule has 4 nitrogen and oxygen atoms in total. The van der Waals surface area contributed by atoms with Crippen molar-refractivity contribution in [1.82, 2.24) is 19.6 Å². The van der Waals surface area contributed by atoms with Gasteiger partial charge in [0.05, 0.1) is 0 Å². The number of hydrogen-bond donors (Lipinski definition) is 0. The number of rotatable bonds is 0. The molecule has 2 rings (SSSR count). The van der Waals surface area contributed by atoms with Crippen LogP contribution in [0.25, 0.3) is 0 Å². The van der Waals surface area contributed by atoms with Crippen molar-refractivity contribution in [2.24, 2.45) is 0 Å². The van der Waals surface area contributed by atoms with Crippen molar-refractivity contribution in [2.75, 3.05) is 66.5 Å². The van der Waals surface area contributed by atoms with Crippen molar-refractivity contribution < 1.29 is 19.5 Å². The zero-order chi connectivity index (χ0) is 15.1. The van der Waals surface area contributed by atoms with E-state index in [0.717, 1.165) is 52.4 Å². The molecule has 0 spiro atoms. The Kier molecular flexibility index (Phi) is 11.7. The molecule has 0 aromatic carbocycles. The molecular weight excluding hydrogens is 394 g/mol. The molecule has 116 valence electrons. The quantitative estimate of drug-likeness (QED) is 0.310. The van der Waals surface area contributed by atoms with E-state index >= 15 is 0 Å². The Hall–Kier alpha value is 0.763. The average molecular weight is 416 g/mol. The van der Waals surface area contributed by atoms with Gasteiger partial charge in [0, 0.05) is 52.4 Å². The van der Waals surface area contributed by atoms with Crippen LogP contribution in [0.1, 0.15) is 0 Å². The molecule has 2 saturated heterocycles. The SMILES string of the molecule is CN1CCN(C(=S)[S-])CC1.CN1CCN(C(=S)[S-])CC1.[Zn+2]. The fourth-order valence-electron chi connectivity index (χ4n) is 1.98. The van der Waals surface area contributed by atoms with Crippen LogP contribution < -0.4 is 0 Å². The molecule has 2 heterocycles. The first-order valence-corrected chi connectivity index (χ1v) is 8.32. The van der Waals surface area contributed by atoms with Crippen LogP contribution in [-0.4, -0.2) is 94.7 Å². The summed E-state index contributed by atoms with van der Waals surface area (Å²) in [6.45, 7) is 8.32. The second-order valence-electron chi connectivity index (χ2n) is 5.11. The molecule has 0 aliphatic carbocycles. The van der Waals surface area contributed by atoms with Gasteiger partial charge in [0.15, 0.2) is 0 Å². The Bertz CT molecular complexity index is 297. The van der Waals surface area contributed by atoms with Gasteiger partial charge in [-0.1, -0.05) is 8.64 Å². The maximum absolute atomic E-state index is 4.88. The van der Waals surface area contributed by atoms with E-state index < -0.39 is 0 Å². The molecule has 0 radical (unpaired) electrons. The van der Waals surface area contributed by atoms with Gasteiger partial charge in [-0.3, -0.25) is 0 Å². The largest absolute Gasteiger partial charge is 2.00 e. The van der Waals surface area contributed by atoms with Crippen molar-refractivity contribution in [3.8, 4) is 0 Å². The zero-order valence-electron chi connectivity index (χ0n) is 12.8. The van der Waals surface area contributed by atoms with Crippen molar-refractivity contribution in [3.63, 3.8) is 0 Å². The van der Waals surface area contributed by atoms with Gasteiger partial charge in [-0.25, -0.2) is 0 Å². The van der Waals surface area contributed by atoms with Gasteiger partial charge in [-0.05, 0) is 14.1 Å². The Morgan fingerprint density at radius 2 is 0.905 bits per heavy atom. The summed E-state index contributed by atoms with van der Waals surface area (Å²) in [5.74, 6) is 0. The molecule has 0 atom stereocenters. The second kappa shape index (κ2) is 11.3. The topological polar surface area (TPSA) is 13.0 Å². The molecule has 2 aliphatic heterocycles. The third kappa shape index (κ3) is 8.84. The van der Waals surface area contributed by atoms with Crippen molar-refractivity contribution in [1.29, 1.82) is 0 Å². The maximum Gasteiger partial charge on any atom is 2.00 e. The zero-order valence-corrected chi connectivity index (χ0v) is 19.0. The van der Waals surface area contributed by atoms with E-state index in [2.05, 4.69) is 33.7 Å². The van der Waals surface area contributed by atoms with Gasteiger partial charge in [0.1, 0.15) is 0 Å². The van der Waals surface area contributed by atoms with Gasteiger partial charge in [-0.15, -0.1) is 0 Å². The van der Waals surface area contributed by atoms with Crippen LogP contribution in [0.4, 0.5) is 0 Å². The van der Waals surface area contributed by atoms with Gasteiger partial charge >= 0.3 is 19.5 Å². The monoisotopic (exact) mass is 414 g/mol. The second-order valence-corrected chi connectivity index (χ2v) is 7.18. The third-order valence-electron chi connectivity index (χ3n) is 3.52. The number of nitrogens with zero attached hydrogens (tertiary/aromatic N) is 4. The number of thiocarbonyl (C=S) groups is 2. The minimum Gasteiger partial charge on any atom is -0.411 e. The van der Waals surface area contributed by atoms with Crippen molar-refractivity contribution in [3.05, 3.63) is 0 Å². The molecule has 2 fully saturated rings. The summed E-state index contributed by atoms with van der Waals surface area (Å²) in [6.07, 6.45) is 0. The maximum atomic E-state index is 4.88. The van der Waals surface area contributed by atoms with Gasteiger partial charge in [-0.2, -0.15) is 0 Å². The van der Waals surface area contributed by atoms with E-state index in [4.69, 9.17) is 49.7 Å². The van der Waals surface area contributed by atoms with E-state index in [-0.39, 0.29) is 19.5 Å². The van der Waals surface area contributed by atoms with E-state index in [9.17, 15) is 0 Å². The molecule has 21 heavy (non-hydrogen) atoms. The molecule has 0 aromatic rings. The molecule has 2 aliphatic rings. The van der Waals surface area contributed by atoms with Crippen LogP contribution in [0.3, 0.4) is 0 Å². The fourth-order valence-corrected chi connectivity index (χ4v) is 2.71. The third-order valence-corrected chi connectivity index (χ3v) is 4.56. The van der Waals surface area contributed by atoms with E-state index in [1.165, 1.54) is 0 Å². The molecule has 0 aromatic heterocycles.